The predicted molar refractivity (Wildman–Crippen MR) is 83.4 cm³/mol. The van der Waals surface area contributed by atoms with Crippen molar-refractivity contribution in [3.8, 4) is 0 Å². The Hall–Kier alpha value is -0.340. The van der Waals surface area contributed by atoms with Crippen molar-refractivity contribution >= 4 is 11.3 Å². The molecular formula is C16H29NS. The van der Waals surface area contributed by atoms with Gasteiger partial charge in [-0.3, -0.25) is 0 Å². The van der Waals surface area contributed by atoms with Crippen LogP contribution in [0.4, 0.5) is 0 Å². The molecule has 1 N–H and O–H groups in total. The Kier molecular flexibility index (Phi) is 7.60. The van der Waals surface area contributed by atoms with Gasteiger partial charge in [-0.05, 0) is 49.2 Å². The summed E-state index contributed by atoms with van der Waals surface area (Å²) in [5, 5.41) is 6.01. The van der Waals surface area contributed by atoms with E-state index in [9.17, 15) is 0 Å². The van der Waals surface area contributed by atoms with Crippen LogP contribution in [0.15, 0.2) is 11.4 Å². The molecule has 18 heavy (non-hydrogen) atoms. The fourth-order valence-corrected chi connectivity index (χ4v) is 3.37. The van der Waals surface area contributed by atoms with E-state index in [0.717, 1.165) is 12.5 Å². The van der Waals surface area contributed by atoms with Gasteiger partial charge in [0, 0.05) is 10.9 Å². The molecule has 0 saturated heterocycles. The third-order valence-corrected chi connectivity index (χ3v) is 4.63. The van der Waals surface area contributed by atoms with Crippen LogP contribution in [-0.2, 0) is 0 Å². The molecule has 1 aromatic rings. The van der Waals surface area contributed by atoms with E-state index in [2.05, 4.69) is 44.5 Å². The second kappa shape index (κ2) is 8.71. The van der Waals surface area contributed by atoms with Gasteiger partial charge in [0.1, 0.15) is 0 Å². The second-order valence-corrected chi connectivity index (χ2v) is 6.29. The quantitative estimate of drug-likeness (QED) is 0.639. The Morgan fingerprint density at radius 3 is 2.50 bits per heavy atom. The molecule has 0 saturated carbocycles. The van der Waals surface area contributed by atoms with Crippen molar-refractivity contribution in [3.63, 3.8) is 0 Å². The maximum atomic E-state index is 3.78. The lowest BCUT2D eigenvalue weighted by molar-refractivity contribution is 0.323. The fraction of sp³-hybridized carbons (Fsp3) is 0.750. The van der Waals surface area contributed by atoms with Crippen LogP contribution in [0.2, 0.25) is 0 Å². The van der Waals surface area contributed by atoms with Crippen LogP contribution in [-0.4, -0.2) is 6.54 Å². The Bertz CT molecular complexity index is 319. The molecule has 0 aliphatic rings. The molecular weight excluding hydrogens is 238 g/mol. The van der Waals surface area contributed by atoms with Gasteiger partial charge < -0.3 is 5.32 Å². The van der Waals surface area contributed by atoms with Crippen molar-refractivity contribution in [2.24, 2.45) is 5.92 Å². The molecule has 0 spiro atoms. The van der Waals surface area contributed by atoms with Gasteiger partial charge in [-0.1, -0.05) is 40.0 Å². The van der Waals surface area contributed by atoms with Gasteiger partial charge >= 0.3 is 0 Å². The van der Waals surface area contributed by atoms with Crippen LogP contribution >= 0.6 is 11.3 Å². The molecule has 0 fully saturated rings. The van der Waals surface area contributed by atoms with Crippen LogP contribution in [0.25, 0.3) is 0 Å². The molecule has 2 heteroatoms. The Labute approximate surface area is 117 Å². The van der Waals surface area contributed by atoms with Crippen LogP contribution in [0.1, 0.15) is 69.4 Å². The number of nitrogens with one attached hydrogen (secondary N) is 1. The van der Waals surface area contributed by atoms with E-state index in [-0.39, 0.29) is 0 Å². The van der Waals surface area contributed by atoms with Crippen molar-refractivity contribution in [1.82, 2.24) is 5.32 Å². The number of aryl methyl sites for hydroxylation is 1. The lowest BCUT2D eigenvalue weighted by Gasteiger charge is -2.28. The van der Waals surface area contributed by atoms with Gasteiger partial charge in [0.25, 0.3) is 0 Å². The van der Waals surface area contributed by atoms with Crippen LogP contribution in [0.5, 0.6) is 0 Å². The molecule has 0 aliphatic heterocycles. The molecule has 1 heterocycles. The summed E-state index contributed by atoms with van der Waals surface area (Å²) in [6, 6.07) is 2.88. The third kappa shape index (κ3) is 4.40. The Balaban J connectivity index is 2.78. The number of hydrogen-bond acceptors (Lipinski definition) is 2. The molecule has 0 amide bonds. The van der Waals surface area contributed by atoms with Gasteiger partial charge in [0.2, 0.25) is 0 Å². The molecule has 0 aliphatic carbocycles. The summed E-state index contributed by atoms with van der Waals surface area (Å²) in [5.41, 5.74) is 1.54. The number of thiophene rings is 1. The molecule has 0 bridgehead atoms. The smallest absolute Gasteiger partial charge is 0.0359 e. The average molecular weight is 267 g/mol. The average Bonchev–Trinajstić information content (AvgIpc) is 2.79. The van der Waals surface area contributed by atoms with E-state index >= 15 is 0 Å². The standard InChI is InChI=1S/C16H29NS/c1-5-8-9-14(7-3)16(17-11-6-2)15-10-12-18-13(15)4/h10,12,14,16-17H,5-9,11H2,1-4H3. The summed E-state index contributed by atoms with van der Waals surface area (Å²) in [6.45, 7) is 10.3. The highest BCUT2D eigenvalue weighted by Gasteiger charge is 2.22. The number of hydrogen-bond donors (Lipinski definition) is 1. The minimum Gasteiger partial charge on any atom is -0.310 e. The minimum absolute atomic E-state index is 0.563. The lowest BCUT2D eigenvalue weighted by Crippen LogP contribution is -2.29. The highest BCUT2D eigenvalue weighted by atomic mass is 32.1. The van der Waals surface area contributed by atoms with Gasteiger partial charge in [0.15, 0.2) is 0 Å². The van der Waals surface area contributed by atoms with E-state index in [0.29, 0.717) is 6.04 Å². The Morgan fingerprint density at radius 2 is 2.00 bits per heavy atom. The van der Waals surface area contributed by atoms with Crippen molar-refractivity contribution in [2.75, 3.05) is 6.54 Å². The summed E-state index contributed by atoms with van der Waals surface area (Å²) in [7, 11) is 0. The SMILES string of the molecule is CCCCC(CC)C(NCCC)c1ccsc1C. The normalized spacial score (nSPS) is 14.7. The van der Waals surface area contributed by atoms with E-state index in [1.54, 1.807) is 0 Å². The molecule has 1 nitrogen and oxygen atoms in total. The van der Waals surface area contributed by atoms with Crippen molar-refractivity contribution in [3.05, 3.63) is 21.9 Å². The first-order valence-electron chi connectivity index (χ1n) is 7.51. The monoisotopic (exact) mass is 267 g/mol. The molecule has 1 aromatic heterocycles. The lowest BCUT2D eigenvalue weighted by atomic mass is 9.87. The summed E-state index contributed by atoms with van der Waals surface area (Å²) in [5.74, 6) is 0.782. The molecule has 104 valence electrons. The van der Waals surface area contributed by atoms with Crippen molar-refractivity contribution < 1.29 is 0 Å². The summed E-state index contributed by atoms with van der Waals surface area (Å²) < 4.78 is 0. The van der Waals surface area contributed by atoms with E-state index in [1.807, 2.05) is 11.3 Å². The second-order valence-electron chi connectivity index (χ2n) is 5.17. The van der Waals surface area contributed by atoms with E-state index in [1.165, 1.54) is 42.5 Å². The summed E-state index contributed by atoms with van der Waals surface area (Å²) in [6.07, 6.45) is 6.50. The van der Waals surface area contributed by atoms with E-state index in [4.69, 9.17) is 0 Å². The first-order chi connectivity index (χ1) is 8.74. The zero-order valence-corrected chi connectivity index (χ0v) is 13.3. The summed E-state index contributed by atoms with van der Waals surface area (Å²) >= 11 is 1.88. The van der Waals surface area contributed by atoms with Crippen molar-refractivity contribution in [1.29, 1.82) is 0 Å². The first kappa shape index (κ1) is 15.7. The molecule has 1 rings (SSSR count). The molecule has 0 aromatic carbocycles. The largest absolute Gasteiger partial charge is 0.310 e. The summed E-state index contributed by atoms with van der Waals surface area (Å²) in [4.78, 5) is 1.48. The highest BCUT2D eigenvalue weighted by Crippen LogP contribution is 2.32. The van der Waals surface area contributed by atoms with Gasteiger partial charge in [-0.15, -0.1) is 11.3 Å². The maximum absolute atomic E-state index is 3.78. The highest BCUT2D eigenvalue weighted by molar-refractivity contribution is 7.10. The first-order valence-corrected chi connectivity index (χ1v) is 8.39. The Morgan fingerprint density at radius 1 is 1.22 bits per heavy atom. The van der Waals surface area contributed by atoms with Gasteiger partial charge in [-0.25, -0.2) is 0 Å². The van der Waals surface area contributed by atoms with Crippen molar-refractivity contribution in [2.45, 2.75) is 65.8 Å². The molecule has 0 radical (unpaired) electrons. The van der Waals surface area contributed by atoms with Gasteiger partial charge in [-0.2, -0.15) is 0 Å². The predicted octanol–water partition coefficient (Wildman–Crippen LogP) is 5.31. The molecule has 2 atom stereocenters. The number of unbranched alkanes of at least 4 members (excludes halogenated alkanes) is 1. The van der Waals surface area contributed by atoms with Crippen LogP contribution in [0.3, 0.4) is 0 Å². The fourth-order valence-electron chi connectivity index (χ4n) is 2.62. The minimum atomic E-state index is 0.563. The van der Waals surface area contributed by atoms with Gasteiger partial charge in [0.05, 0.1) is 0 Å². The van der Waals surface area contributed by atoms with E-state index < -0.39 is 0 Å². The topological polar surface area (TPSA) is 12.0 Å². The molecule has 2 unspecified atom stereocenters. The zero-order chi connectivity index (χ0) is 13.4. The maximum Gasteiger partial charge on any atom is 0.0359 e. The number of rotatable bonds is 9. The van der Waals surface area contributed by atoms with Crippen LogP contribution in [0, 0.1) is 12.8 Å². The van der Waals surface area contributed by atoms with Crippen LogP contribution < -0.4 is 5.32 Å². The zero-order valence-electron chi connectivity index (χ0n) is 12.5. The third-order valence-electron chi connectivity index (χ3n) is 3.77.